The number of hydrogen-bond acceptors (Lipinski definition) is 3. The number of carbonyl (C=O) groups is 1. The highest BCUT2D eigenvalue weighted by Gasteiger charge is 2.39. The molecule has 0 spiro atoms. The van der Waals surface area contributed by atoms with Gasteiger partial charge in [-0.1, -0.05) is 38.1 Å². The fourth-order valence-corrected chi connectivity index (χ4v) is 5.13. The van der Waals surface area contributed by atoms with Crippen molar-refractivity contribution in [1.82, 2.24) is 9.88 Å². The molecule has 0 saturated carbocycles. The lowest BCUT2D eigenvalue weighted by Crippen LogP contribution is -2.34. The van der Waals surface area contributed by atoms with Crippen molar-refractivity contribution in [3.05, 3.63) is 76.0 Å². The molecule has 4 heteroatoms. The van der Waals surface area contributed by atoms with E-state index in [1.165, 1.54) is 5.57 Å². The molecular weight excluding hydrogens is 382 g/mol. The van der Waals surface area contributed by atoms with E-state index in [4.69, 9.17) is 0 Å². The molecular formula is C27H27N3O. The van der Waals surface area contributed by atoms with Gasteiger partial charge in [-0.25, -0.2) is 0 Å². The summed E-state index contributed by atoms with van der Waals surface area (Å²) in [5, 5.41) is 10.2. The van der Waals surface area contributed by atoms with Crippen LogP contribution in [0.2, 0.25) is 0 Å². The first-order valence-corrected chi connectivity index (χ1v) is 11.0. The molecule has 2 aromatic carbocycles. The fourth-order valence-electron chi connectivity index (χ4n) is 5.13. The van der Waals surface area contributed by atoms with E-state index < -0.39 is 0 Å². The molecule has 0 radical (unpaired) electrons. The number of hydrogen-bond donors (Lipinski definition) is 1. The van der Waals surface area contributed by atoms with Crippen molar-refractivity contribution in [3.63, 3.8) is 0 Å². The summed E-state index contributed by atoms with van der Waals surface area (Å²) < 4.78 is 0. The van der Waals surface area contributed by atoms with Gasteiger partial charge in [-0.05, 0) is 55.2 Å². The molecule has 0 fully saturated rings. The predicted molar refractivity (Wildman–Crippen MR) is 124 cm³/mol. The van der Waals surface area contributed by atoms with Crippen molar-refractivity contribution >= 4 is 22.3 Å². The summed E-state index contributed by atoms with van der Waals surface area (Å²) in [5.74, 6) is 0.0716. The highest BCUT2D eigenvalue weighted by molar-refractivity contribution is 6.20. The van der Waals surface area contributed by atoms with Crippen LogP contribution in [-0.2, 0) is 5.41 Å². The number of rotatable bonds is 2. The number of ketones is 1. The highest BCUT2D eigenvalue weighted by atomic mass is 16.1. The monoisotopic (exact) mass is 409 g/mol. The highest BCUT2D eigenvalue weighted by Crippen LogP contribution is 2.44. The zero-order chi connectivity index (χ0) is 21.9. The molecule has 1 N–H and O–H groups in total. The Morgan fingerprint density at radius 2 is 1.97 bits per heavy atom. The summed E-state index contributed by atoms with van der Waals surface area (Å²) in [5.41, 5.74) is 7.14. The lowest BCUT2D eigenvalue weighted by molar-refractivity contribution is 0.103. The molecule has 2 aliphatic rings. The Balaban J connectivity index is 1.62. The average molecular weight is 410 g/mol. The van der Waals surface area contributed by atoms with Crippen LogP contribution >= 0.6 is 0 Å². The van der Waals surface area contributed by atoms with Crippen LogP contribution in [0.5, 0.6) is 0 Å². The zero-order valence-electron chi connectivity index (χ0n) is 18.5. The normalized spacial score (nSPS) is 17.9. The molecule has 0 bridgehead atoms. The number of aromatic amines is 1. The number of aromatic nitrogens is 1. The average Bonchev–Trinajstić information content (AvgIpc) is 3.17. The van der Waals surface area contributed by atoms with Gasteiger partial charge in [0.1, 0.15) is 0 Å². The number of nitrogens with one attached hydrogen (secondary N) is 1. The molecule has 156 valence electrons. The molecule has 5 rings (SSSR count). The Bertz CT molecular complexity index is 1300. The first-order valence-electron chi connectivity index (χ1n) is 11.0. The van der Waals surface area contributed by atoms with Crippen molar-refractivity contribution in [2.45, 2.75) is 45.6 Å². The van der Waals surface area contributed by atoms with E-state index in [0.717, 1.165) is 58.4 Å². The minimum atomic E-state index is -0.321. The molecule has 3 aromatic rings. The maximum Gasteiger partial charge on any atom is 0.195 e. The second-order valence-corrected chi connectivity index (χ2v) is 9.53. The number of H-pyrrole nitrogens is 1. The van der Waals surface area contributed by atoms with Crippen molar-refractivity contribution in [2.24, 2.45) is 0 Å². The van der Waals surface area contributed by atoms with E-state index in [1.54, 1.807) is 6.07 Å². The third-order valence-electron chi connectivity index (χ3n) is 7.06. The smallest absolute Gasteiger partial charge is 0.195 e. The Morgan fingerprint density at radius 3 is 2.65 bits per heavy atom. The molecule has 2 heterocycles. The van der Waals surface area contributed by atoms with E-state index in [-0.39, 0.29) is 11.2 Å². The van der Waals surface area contributed by atoms with Gasteiger partial charge in [-0.15, -0.1) is 0 Å². The van der Waals surface area contributed by atoms with Crippen molar-refractivity contribution in [1.29, 1.82) is 5.26 Å². The maximum atomic E-state index is 13.7. The van der Waals surface area contributed by atoms with E-state index in [2.05, 4.69) is 67.9 Å². The molecule has 1 aliphatic carbocycles. The predicted octanol–water partition coefficient (Wildman–Crippen LogP) is 5.41. The summed E-state index contributed by atoms with van der Waals surface area (Å²) in [4.78, 5) is 19.6. The second kappa shape index (κ2) is 6.93. The van der Waals surface area contributed by atoms with Crippen LogP contribution in [0.3, 0.4) is 0 Å². The van der Waals surface area contributed by atoms with Gasteiger partial charge >= 0.3 is 0 Å². The van der Waals surface area contributed by atoms with Crippen molar-refractivity contribution < 1.29 is 4.79 Å². The zero-order valence-corrected chi connectivity index (χ0v) is 18.5. The minimum Gasteiger partial charge on any atom is -0.357 e. The molecule has 0 amide bonds. The number of carbonyl (C=O) groups excluding carboxylic acids is 1. The molecule has 31 heavy (non-hydrogen) atoms. The van der Waals surface area contributed by atoms with Crippen LogP contribution in [0.1, 0.15) is 72.4 Å². The third kappa shape index (κ3) is 2.96. The van der Waals surface area contributed by atoms with Crippen LogP contribution in [0.4, 0.5) is 0 Å². The Morgan fingerprint density at radius 1 is 1.16 bits per heavy atom. The van der Waals surface area contributed by atoms with Crippen LogP contribution in [0, 0.1) is 11.3 Å². The Hall–Kier alpha value is -3.16. The topological polar surface area (TPSA) is 59.9 Å². The minimum absolute atomic E-state index is 0.0716. The van der Waals surface area contributed by atoms with Gasteiger partial charge in [0.05, 0.1) is 17.2 Å². The van der Waals surface area contributed by atoms with Crippen LogP contribution in [-0.4, -0.2) is 34.8 Å². The van der Waals surface area contributed by atoms with Crippen LogP contribution in [0.25, 0.3) is 16.5 Å². The molecule has 0 atom stereocenters. The van der Waals surface area contributed by atoms with Gasteiger partial charge in [0, 0.05) is 46.7 Å². The van der Waals surface area contributed by atoms with E-state index >= 15 is 0 Å². The molecule has 1 aromatic heterocycles. The summed E-state index contributed by atoms with van der Waals surface area (Å²) in [6.07, 6.45) is 3.31. The van der Waals surface area contributed by atoms with Crippen LogP contribution < -0.4 is 0 Å². The largest absolute Gasteiger partial charge is 0.357 e. The van der Waals surface area contributed by atoms with E-state index in [0.29, 0.717) is 11.6 Å². The van der Waals surface area contributed by atoms with Crippen molar-refractivity contribution in [3.8, 4) is 6.07 Å². The third-order valence-corrected chi connectivity index (χ3v) is 7.06. The SMILES string of the molecule is CC(C)N1CC=C(c2ccc3c(c2)C(=O)c2c([nH]c4cc(C#N)ccc24)C3(C)C)CC1. The van der Waals surface area contributed by atoms with Crippen LogP contribution in [0.15, 0.2) is 42.5 Å². The quantitative estimate of drug-likeness (QED) is 0.616. The van der Waals surface area contributed by atoms with Gasteiger partial charge in [-0.3, -0.25) is 9.69 Å². The lowest BCUT2D eigenvalue weighted by Gasteiger charge is -2.33. The summed E-state index contributed by atoms with van der Waals surface area (Å²) in [6, 6.07) is 14.7. The lowest BCUT2D eigenvalue weighted by atomic mass is 9.70. The molecule has 4 nitrogen and oxygen atoms in total. The molecule has 1 aliphatic heterocycles. The molecule has 0 unspecified atom stereocenters. The van der Waals surface area contributed by atoms with E-state index in [9.17, 15) is 10.1 Å². The standard InChI is InChI=1S/C27H27N3O/c1-16(2)30-11-9-18(10-12-30)19-6-8-22-21(14-19)25(31)24-20-7-5-17(15-28)13-23(20)29-26(24)27(22,3)4/h5-9,13-14,16,29H,10-12H2,1-4H3. The number of fused-ring (bicyclic) bond motifs is 4. The fraction of sp³-hybridized carbons (Fsp3) is 0.333. The number of nitriles is 1. The Labute approximate surface area is 183 Å². The summed E-state index contributed by atoms with van der Waals surface area (Å²) in [7, 11) is 0. The Kier molecular flexibility index (Phi) is 4.42. The second-order valence-electron chi connectivity index (χ2n) is 9.53. The maximum absolute atomic E-state index is 13.7. The van der Waals surface area contributed by atoms with Gasteiger partial charge in [0.25, 0.3) is 0 Å². The van der Waals surface area contributed by atoms with Gasteiger partial charge in [0.15, 0.2) is 5.78 Å². The number of benzene rings is 2. The van der Waals surface area contributed by atoms with Gasteiger partial charge in [-0.2, -0.15) is 5.26 Å². The van der Waals surface area contributed by atoms with Crippen molar-refractivity contribution in [2.75, 3.05) is 13.1 Å². The summed E-state index contributed by atoms with van der Waals surface area (Å²) in [6.45, 7) is 10.8. The van der Waals surface area contributed by atoms with Gasteiger partial charge in [0.2, 0.25) is 0 Å². The number of nitrogens with zero attached hydrogens (tertiary/aromatic N) is 2. The van der Waals surface area contributed by atoms with E-state index in [1.807, 2.05) is 12.1 Å². The first kappa shape index (κ1) is 19.8. The summed E-state index contributed by atoms with van der Waals surface area (Å²) >= 11 is 0. The first-order chi connectivity index (χ1) is 14.8. The molecule has 0 saturated heterocycles. The van der Waals surface area contributed by atoms with Gasteiger partial charge < -0.3 is 4.98 Å².